The van der Waals surface area contributed by atoms with Crippen molar-refractivity contribution >= 4 is 17.0 Å². The monoisotopic (exact) mass is 225 g/mol. The van der Waals surface area contributed by atoms with Crippen molar-refractivity contribution in [2.45, 2.75) is 6.92 Å². The van der Waals surface area contributed by atoms with Crippen molar-refractivity contribution in [1.82, 2.24) is 19.5 Å². The number of nitrogens with zero attached hydrogens (tertiary/aromatic N) is 4. The SMILES string of the molecule is Cc1ccc(-n2cnc3c(N)ncnc32)cc1. The predicted octanol–water partition coefficient (Wildman–Crippen LogP) is 1.71. The summed E-state index contributed by atoms with van der Waals surface area (Å²) >= 11 is 0. The van der Waals surface area contributed by atoms with Gasteiger partial charge in [0.05, 0.1) is 0 Å². The minimum absolute atomic E-state index is 0.404. The van der Waals surface area contributed by atoms with E-state index in [1.165, 1.54) is 11.9 Å². The molecule has 0 radical (unpaired) electrons. The highest BCUT2D eigenvalue weighted by molar-refractivity contribution is 5.82. The van der Waals surface area contributed by atoms with Gasteiger partial charge in [0, 0.05) is 5.69 Å². The molecule has 0 aliphatic rings. The van der Waals surface area contributed by atoms with E-state index in [9.17, 15) is 0 Å². The van der Waals surface area contributed by atoms with Crippen LogP contribution in [0.15, 0.2) is 36.9 Å². The first-order chi connectivity index (χ1) is 8.25. The molecule has 17 heavy (non-hydrogen) atoms. The Kier molecular flexibility index (Phi) is 2.04. The molecule has 5 nitrogen and oxygen atoms in total. The maximum Gasteiger partial charge on any atom is 0.170 e. The molecule has 0 unspecified atom stereocenters. The number of rotatable bonds is 1. The third-order valence-electron chi connectivity index (χ3n) is 2.67. The Morgan fingerprint density at radius 3 is 2.59 bits per heavy atom. The fourth-order valence-corrected chi connectivity index (χ4v) is 1.75. The lowest BCUT2D eigenvalue weighted by molar-refractivity contribution is 1.06. The number of hydrogen-bond donors (Lipinski definition) is 1. The zero-order chi connectivity index (χ0) is 11.8. The molecule has 1 aromatic carbocycles. The summed E-state index contributed by atoms with van der Waals surface area (Å²) in [6.45, 7) is 2.05. The smallest absolute Gasteiger partial charge is 0.170 e. The van der Waals surface area contributed by atoms with Gasteiger partial charge in [0.2, 0.25) is 0 Å². The van der Waals surface area contributed by atoms with Gasteiger partial charge in [-0.3, -0.25) is 4.57 Å². The second-order valence-corrected chi connectivity index (χ2v) is 3.88. The third-order valence-corrected chi connectivity index (χ3v) is 2.67. The van der Waals surface area contributed by atoms with Gasteiger partial charge in [-0.2, -0.15) is 0 Å². The normalized spacial score (nSPS) is 10.9. The zero-order valence-corrected chi connectivity index (χ0v) is 9.33. The summed E-state index contributed by atoms with van der Waals surface area (Å²) in [5, 5.41) is 0. The van der Waals surface area contributed by atoms with Crippen LogP contribution in [0.4, 0.5) is 5.82 Å². The van der Waals surface area contributed by atoms with E-state index in [0.717, 1.165) is 11.3 Å². The fraction of sp³-hybridized carbons (Fsp3) is 0.0833. The van der Waals surface area contributed by atoms with Gasteiger partial charge in [0.1, 0.15) is 12.7 Å². The molecular weight excluding hydrogens is 214 g/mol. The lowest BCUT2D eigenvalue weighted by atomic mass is 10.2. The number of aryl methyl sites for hydroxylation is 1. The van der Waals surface area contributed by atoms with Crippen molar-refractivity contribution in [1.29, 1.82) is 0 Å². The topological polar surface area (TPSA) is 69.6 Å². The summed E-state index contributed by atoms with van der Waals surface area (Å²) in [6.07, 6.45) is 3.16. The predicted molar refractivity (Wildman–Crippen MR) is 65.8 cm³/mol. The van der Waals surface area contributed by atoms with Crippen molar-refractivity contribution in [2.75, 3.05) is 5.73 Å². The Morgan fingerprint density at radius 2 is 1.82 bits per heavy atom. The Bertz CT molecular complexity index is 669. The van der Waals surface area contributed by atoms with Crippen LogP contribution in [0.25, 0.3) is 16.9 Å². The van der Waals surface area contributed by atoms with Crippen LogP contribution in [0, 0.1) is 6.92 Å². The molecule has 0 fully saturated rings. The van der Waals surface area contributed by atoms with Crippen LogP contribution in [-0.4, -0.2) is 19.5 Å². The summed E-state index contributed by atoms with van der Waals surface area (Å²) in [6, 6.07) is 8.14. The maximum absolute atomic E-state index is 5.74. The summed E-state index contributed by atoms with van der Waals surface area (Å²) in [5.41, 5.74) is 9.33. The van der Waals surface area contributed by atoms with E-state index in [4.69, 9.17) is 5.73 Å². The van der Waals surface area contributed by atoms with Crippen molar-refractivity contribution in [3.8, 4) is 5.69 Å². The van der Waals surface area contributed by atoms with E-state index in [1.54, 1.807) is 6.33 Å². The Morgan fingerprint density at radius 1 is 1.06 bits per heavy atom. The van der Waals surface area contributed by atoms with E-state index < -0.39 is 0 Å². The van der Waals surface area contributed by atoms with Crippen LogP contribution in [0.1, 0.15) is 5.56 Å². The number of aromatic nitrogens is 4. The summed E-state index contributed by atoms with van der Waals surface area (Å²) in [5.74, 6) is 0.404. The molecule has 84 valence electrons. The first-order valence-corrected chi connectivity index (χ1v) is 5.26. The zero-order valence-electron chi connectivity index (χ0n) is 9.33. The maximum atomic E-state index is 5.74. The quantitative estimate of drug-likeness (QED) is 0.684. The number of anilines is 1. The minimum Gasteiger partial charge on any atom is -0.382 e. The van der Waals surface area contributed by atoms with Gasteiger partial charge in [-0.1, -0.05) is 17.7 Å². The van der Waals surface area contributed by atoms with Crippen LogP contribution >= 0.6 is 0 Å². The second-order valence-electron chi connectivity index (χ2n) is 3.88. The fourth-order valence-electron chi connectivity index (χ4n) is 1.75. The molecule has 0 amide bonds. The van der Waals surface area contributed by atoms with E-state index in [0.29, 0.717) is 11.3 Å². The molecule has 2 aromatic heterocycles. The van der Waals surface area contributed by atoms with Gasteiger partial charge in [-0.05, 0) is 19.1 Å². The van der Waals surface area contributed by atoms with Crippen LogP contribution in [0.5, 0.6) is 0 Å². The van der Waals surface area contributed by atoms with Crippen molar-refractivity contribution in [3.05, 3.63) is 42.5 Å². The largest absolute Gasteiger partial charge is 0.382 e. The number of benzene rings is 1. The molecule has 0 spiro atoms. The van der Waals surface area contributed by atoms with Crippen LogP contribution in [0.3, 0.4) is 0 Å². The number of nitrogens with two attached hydrogens (primary N) is 1. The molecule has 0 atom stereocenters. The summed E-state index contributed by atoms with van der Waals surface area (Å²) < 4.78 is 1.90. The Labute approximate surface area is 98.0 Å². The van der Waals surface area contributed by atoms with E-state index in [2.05, 4.69) is 21.9 Å². The lowest BCUT2D eigenvalue weighted by Gasteiger charge is -2.03. The van der Waals surface area contributed by atoms with E-state index >= 15 is 0 Å². The molecule has 3 aromatic rings. The van der Waals surface area contributed by atoms with Crippen LogP contribution in [0.2, 0.25) is 0 Å². The molecule has 5 heteroatoms. The molecule has 0 saturated carbocycles. The highest BCUT2D eigenvalue weighted by atomic mass is 15.1. The van der Waals surface area contributed by atoms with Crippen LogP contribution < -0.4 is 5.73 Å². The number of imidazole rings is 1. The van der Waals surface area contributed by atoms with Crippen molar-refractivity contribution in [3.63, 3.8) is 0 Å². The number of nitrogen functional groups attached to an aromatic ring is 1. The lowest BCUT2D eigenvalue weighted by Crippen LogP contribution is -1.96. The van der Waals surface area contributed by atoms with Gasteiger partial charge < -0.3 is 5.73 Å². The molecule has 0 aliphatic heterocycles. The Hall–Kier alpha value is -2.43. The number of hydrogen-bond acceptors (Lipinski definition) is 4. The average Bonchev–Trinajstić information content (AvgIpc) is 2.75. The standard InChI is InChI=1S/C12H11N5/c1-8-2-4-9(5-3-8)17-7-16-10-11(13)14-6-15-12(10)17/h2-7H,1H3,(H2,13,14,15). The molecule has 3 rings (SSSR count). The molecule has 0 bridgehead atoms. The van der Waals surface area contributed by atoms with Crippen molar-refractivity contribution in [2.24, 2.45) is 0 Å². The van der Waals surface area contributed by atoms with Gasteiger partial charge in [-0.25, -0.2) is 15.0 Å². The average molecular weight is 225 g/mol. The first kappa shape index (κ1) is 9.77. The highest BCUT2D eigenvalue weighted by Crippen LogP contribution is 2.18. The molecular formula is C12H11N5. The molecule has 2 N–H and O–H groups in total. The summed E-state index contributed by atoms with van der Waals surface area (Å²) in [7, 11) is 0. The molecule has 2 heterocycles. The summed E-state index contributed by atoms with van der Waals surface area (Å²) in [4.78, 5) is 12.4. The van der Waals surface area contributed by atoms with E-state index in [-0.39, 0.29) is 0 Å². The third kappa shape index (κ3) is 1.52. The highest BCUT2D eigenvalue weighted by Gasteiger charge is 2.08. The van der Waals surface area contributed by atoms with Gasteiger partial charge in [0.25, 0.3) is 0 Å². The van der Waals surface area contributed by atoms with E-state index in [1.807, 2.05) is 28.8 Å². The Balaban J connectivity index is 2.24. The van der Waals surface area contributed by atoms with Gasteiger partial charge >= 0.3 is 0 Å². The minimum atomic E-state index is 0.404. The first-order valence-electron chi connectivity index (χ1n) is 5.26. The van der Waals surface area contributed by atoms with Gasteiger partial charge in [0.15, 0.2) is 17.0 Å². The molecule has 0 saturated heterocycles. The van der Waals surface area contributed by atoms with Gasteiger partial charge in [-0.15, -0.1) is 0 Å². The van der Waals surface area contributed by atoms with Crippen molar-refractivity contribution < 1.29 is 0 Å². The molecule has 0 aliphatic carbocycles. The number of fused-ring (bicyclic) bond motifs is 1. The second kappa shape index (κ2) is 3.55. The van der Waals surface area contributed by atoms with Crippen LogP contribution in [-0.2, 0) is 0 Å².